The van der Waals surface area contributed by atoms with Gasteiger partial charge in [0.1, 0.15) is 10.1 Å². The average Bonchev–Trinajstić information content (AvgIpc) is 2.08. The van der Waals surface area contributed by atoms with Crippen molar-refractivity contribution in [1.29, 1.82) is 0 Å². The van der Waals surface area contributed by atoms with Gasteiger partial charge in [0.25, 0.3) is 0 Å². The van der Waals surface area contributed by atoms with Gasteiger partial charge in [0.05, 0.1) is 5.69 Å². The lowest BCUT2D eigenvalue weighted by Gasteiger charge is -2.22. The standard InChI is InChI=1S/C9H11BrN2O2/c1-9(2,8(13)14)12-6-4-3-5-11-7(6)10/h3-5,12H,1-2H3,(H,13,14). The summed E-state index contributed by atoms with van der Waals surface area (Å²) in [4.78, 5) is 14.8. The molecule has 0 aliphatic heterocycles. The Labute approximate surface area is 90.5 Å². The first-order chi connectivity index (χ1) is 6.43. The van der Waals surface area contributed by atoms with Crippen LogP contribution in [0, 0.1) is 0 Å². The molecule has 0 radical (unpaired) electrons. The SMILES string of the molecule is CC(C)(Nc1cccnc1Br)C(=O)O. The number of anilines is 1. The van der Waals surface area contributed by atoms with E-state index in [-0.39, 0.29) is 0 Å². The minimum atomic E-state index is -1.01. The molecule has 0 saturated carbocycles. The summed E-state index contributed by atoms with van der Waals surface area (Å²) in [5.41, 5.74) is -0.342. The molecule has 0 aliphatic carbocycles. The van der Waals surface area contributed by atoms with Crippen molar-refractivity contribution in [3.05, 3.63) is 22.9 Å². The average molecular weight is 259 g/mol. The molecule has 0 atom stereocenters. The van der Waals surface area contributed by atoms with Gasteiger partial charge in [-0.3, -0.25) is 0 Å². The van der Waals surface area contributed by atoms with Crippen molar-refractivity contribution in [3.8, 4) is 0 Å². The van der Waals surface area contributed by atoms with Crippen molar-refractivity contribution in [2.24, 2.45) is 0 Å². The van der Waals surface area contributed by atoms with Crippen molar-refractivity contribution in [1.82, 2.24) is 4.98 Å². The number of nitrogens with one attached hydrogen (secondary N) is 1. The molecule has 0 fully saturated rings. The summed E-state index contributed by atoms with van der Waals surface area (Å²) in [6, 6.07) is 3.51. The number of aliphatic carboxylic acids is 1. The van der Waals surface area contributed by atoms with Crippen LogP contribution in [0.4, 0.5) is 5.69 Å². The van der Waals surface area contributed by atoms with Crippen molar-refractivity contribution in [3.63, 3.8) is 0 Å². The van der Waals surface area contributed by atoms with Crippen LogP contribution in [0.2, 0.25) is 0 Å². The molecule has 0 saturated heterocycles. The summed E-state index contributed by atoms with van der Waals surface area (Å²) in [6.45, 7) is 3.18. The van der Waals surface area contributed by atoms with E-state index in [1.807, 2.05) is 0 Å². The van der Waals surface area contributed by atoms with Crippen molar-refractivity contribution >= 4 is 27.6 Å². The zero-order valence-corrected chi connectivity index (χ0v) is 9.50. The summed E-state index contributed by atoms with van der Waals surface area (Å²) >= 11 is 3.23. The molecule has 2 N–H and O–H groups in total. The Morgan fingerprint density at radius 3 is 2.79 bits per heavy atom. The summed E-state index contributed by atoms with van der Waals surface area (Å²) in [5.74, 6) is -0.909. The Kier molecular flexibility index (Phi) is 3.10. The molecule has 0 aromatic carbocycles. The fraction of sp³-hybridized carbons (Fsp3) is 0.333. The molecule has 1 heterocycles. The van der Waals surface area contributed by atoms with E-state index in [9.17, 15) is 4.79 Å². The molecule has 0 aliphatic rings. The number of halogens is 1. The molecular formula is C9H11BrN2O2. The van der Waals surface area contributed by atoms with E-state index in [1.165, 1.54) is 0 Å². The largest absolute Gasteiger partial charge is 0.480 e. The lowest BCUT2D eigenvalue weighted by molar-refractivity contribution is -0.141. The number of carboxylic acid groups (broad SMARTS) is 1. The number of hydrogen-bond donors (Lipinski definition) is 2. The van der Waals surface area contributed by atoms with E-state index in [2.05, 4.69) is 26.2 Å². The predicted octanol–water partition coefficient (Wildman–Crippen LogP) is 2.12. The third-order valence-electron chi connectivity index (χ3n) is 1.74. The first kappa shape index (κ1) is 11.0. The smallest absolute Gasteiger partial charge is 0.328 e. The number of hydrogen-bond acceptors (Lipinski definition) is 3. The molecule has 76 valence electrons. The highest BCUT2D eigenvalue weighted by molar-refractivity contribution is 9.10. The monoisotopic (exact) mass is 258 g/mol. The van der Waals surface area contributed by atoms with E-state index in [4.69, 9.17) is 5.11 Å². The van der Waals surface area contributed by atoms with Crippen LogP contribution < -0.4 is 5.32 Å². The molecule has 0 bridgehead atoms. The van der Waals surface area contributed by atoms with E-state index in [1.54, 1.807) is 32.2 Å². The lowest BCUT2D eigenvalue weighted by Crippen LogP contribution is -2.40. The minimum absolute atomic E-state index is 0.606. The first-order valence-electron chi connectivity index (χ1n) is 4.05. The highest BCUT2D eigenvalue weighted by atomic mass is 79.9. The van der Waals surface area contributed by atoms with Gasteiger partial charge >= 0.3 is 5.97 Å². The maximum Gasteiger partial charge on any atom is 0.328 e. The van der Waals surface area contributed by atoms with Gasteiger partial charge in [-0.15, -0.1) is 0 Å². The van der Waals surface area contributed by atoms with Crippen LogP contribution >= 0.6 is 15.9 Å². The number of aromatic nitrogens is 1. The molecule has 0 unspecified atom stereocenters. The molecular weight excluding hydrogens is 248 g/mol. The summed E-state index contributed by atoms with van der Waals surface area (Å²) in [7, 11) is 0. The number of pyridine rings is 1. The molecule has 1 aromatic rings. The molecule has 0 spiro atoms. The van der Waals surface area contributed by atoms with E-state index in [0.717, 1.165) is 0 Å². The molecule has 1 aromatic heterocycles. The highest BCUT2D eigenvalue weighted by Crippen LogP contribution is 2.22. The van der Waals surface area contributed by atoms with E-state index < -0.39 is 11.5 Å². The summed E-state index contributed by atoms with van der Waals surface area (Å²) in [6.07, 6.45) is 1.63. The normalized spacial score (nSPS) is 11.1. The van der Waals surface area contributed by atoms with Crippen LogP contribution in [-0.2, 0) is 4.79 Å². The second-order valence-corrected chi connectivity index (χ2v) is 4.15. The Morgan fingerprint density at radius 1 is 1.64 bits per heavy atom. The van der Waals surface area contributed by atoms with Crippen molar-refractivity contribution in [2.75, 3.05) is 5.32 Å². The third-order valence-corrected chi connectivity index (χ3v) is 2.37. The van der Waals surface area contributed by atoms with Crippen molar-refractivity contribution < 1.29 is 9.90 Å². The van der Waals surface area contributed by atoms with Gasteiger partial charge in [0, 0.05) is 6.20 Å². The minimum Gasteiger partial charge on any atom is -0.480 e. The molecule has 4 nitrogen and oxygen atoms in total. The van der Waals surface area contributed by atoms with Crippen molar-refractivity contribution in [2.45, 2.75) is 19.4 Å². The number of nitrogens with zero attached hydrogens (tertiary/aromatic N) is 1. The van der Waals surface area contributed by atoms with Crippen LogP contribution in [0.25, 0.3) is 0 Å². The lowest BCUT2D eigenvalue weighted by atomic mass is 10.1. The van der Waals surface area contributed by atoms with Gasteiger partial charge in [-0.25, -0.2) is 9.78 Å². The number of carboxylic acids is 1. The number of rotatable bonds is 3. The fourth-order valence-electron chi connectivity index (χ4n) is 0.869. The Morgan fingerprint density at radius 2 is 2.29 bits per heavy atom. The summed E-state index contributed by atoms with van der Waals surface area (Å²) in [5, 5.41) is 11.8. The maximum atomic E-state index is 10.8. The van der Waals surface area contributed by atoms with Gasteiger partial charge < -0.3 is 10.4 Å². The van der Waals surface area contributed by atoms with Crippen LogP contribution in [0.5, 0.6) is 0 Å². The van der Waals surface area contributed by atoms with Gasteiger partial charge in [0.15, 0.2) is 0 Å². The Bertz CT molecular complexity index is 352. The third kappa shape index (κ3) is 2.45. The van der Waals surface area contributed by atoms with Gasteiger partial charge in [0.2, 0.25) is 0 Å². The van der Waals surface area contributed by atoms with Gasteiger partial charge in [-0.05, 0) is 41.9 Å². The molecule has 14 heavy (non-hydrogen) atoms. The van der Waals surface area contributed by atoms with Gasteiger partial charge in [-0.2, -0.15) is 0 Å². The van der Waals surface area contributed by atoms with E-state index >= 15 is 0 Å². The maximum absolute atomic E-state index is 10.8. The Hall–Kier alpha value is -1.10. The fourth-order valence-corrected chi connectivity index (χ4v) is 1.22. The molecule has 5 heteroatoms. The van der Waals surface area contributed by atoms with Crippen LogP contribution in [0.3, 0.4) is 0 Å². The summed E-state index contributed by atoms with van der Waals surface area (Å²) < 4.78 is 0.606. The highest BCUT2D eigenvalue weighted by Gasteiger charge is 2.27. The zero-order valence-electron chi connectivity index (χ0n) is 7.91. The molecule has 1 rings (SSSR count). The first-order valence-corrected chi connectivity index (χ1v) is 4.85. The quantitative estimate of drug-likeness (QED) is 0.816. The predicted molar refractivity (Wildman–Crippen MR) is 57.3 cm³/mol. The van der Waals surface area contributed by atoms with Gasteiger partial charge in [-0.1, -0.05) is 0 Å². The molecule has 0 amide bonds. The zero-order chi connectivity index (χ0) is 10.8. The Balaban J connectivity index is 2.89. The second-order valence-electron chi connectivity index (χ2n) is 3.40. The second kappa shape index (κ2) is 3.96. The van der Waals surface area contributed by atoms with E-state index in [0.29, 0.717) is 10.3 Å². The van der Waals surface area contributed by atoms with Crippen LogP contribution in [0.1, 0.15) is 13.8 Å². The van der Waals surface area contributed by atoms with Crippen LogP contribution in [-0.4, -0.2) is 21.6 Å². The number of carbonyl (C=O) groups is 1. The van der Waals surface area contributed by atoms with Crippen LogP contribution in [0.15, 0.2) is 22.9 Å². The topological polar surface area (TPSA) is 62.2 Å².